The van der Waals surface area contributed by atoms with Crippen molar-refractivity contribution >= 4 is 33.8 Å². The fourth-order valence-electron chi connectivity index (χ4n) is 5.45. The average Bonchev–Trinajstić information content (AvgIpc) is 2.94. The summed E-state index contributed by atoms with van der Waals surface area (Å²) in [6, 6.07) is 14.4. The minimum Gasteiger partial charge on any atom is -0.292 e. The molecule has 182 valence electrons. The molecular weight excluding hydrogens is 456 g/mol. The first-order chi connectivity index (χ1) is 18.2. The summed E-state index contributed by atoms with van der Waals surface area (Å²) in [5, 5.41) is 2.36. The van der Waals surface area contributed by atoms with Gasteiger partial charge in [-0.15, -0.1) is 0 Å². The molecule has 0 saturated carbocycles. The van der Waals surface area contributed by atoms with Gasteiger partial charge in [-0.05, 0) is 58.9 Å². The highest BCUT2D eigenvalue weighted by Gasteiger charge is 2.30. The first-order valence-corrected chi connectivity index (χ1v) is 12.9. The van der Waals surface area contributed by atoms with Gasteiger partial charge in [0, 0.05) is 0 Å². The predicted molar refractivity (Wildman–Crippen MR) is 150 cm³/mol. The molecule has 4 aliphatic carbocycles. The van der Waals surface area contributed by atoms with E-state index in [1.165, 1.54) is 10.8 Å². The number of fused-ring (bicyclic) bond motifs is 3. The van der Waals surface area contributed by atoms with Gasteiger partial charge in [-0.25, -0.2) is 0 Å². The summed E-state index contributed by atoms with van der Waals surface area (Å²) >= 11 is 0. The van der Waals surface area contributed by atoms with Gasteiger partial charge < -0.3 is 0 Å². The SMILES string of the molecule is O=C1C(=NC[C@H](Cc2ccc3ccccc3c2)N=C2C=CC3=CC=CCC3C2=O)C=CC2=CC=CCC12. The lowest BCUT2D eigenvalue weighted by Gasteiger charge is -2.23. The molecule has 4 heteroatoms. The highest BCUT2D eigenvalue weighted by molar-refractivity contribution is 6.47. The number of rotatable bonds is 5. The zero-order valence-corrected chi connectivity index (χ0v) is 20.6. The summed E-state index contributed by atoms with van der Waals surface area (Å²) in [7, 11) is 0. The number of aliphatic imine (C=N–C) groups is 2. The molecule has 37 heavy (non-hydrogen) atoms. The predicted octanol–water partition coefficient (Wildman–Crippen LogP) is 5.92. The molecule has 0 spiro atoms. The van der Waals surface area contributed by atoms with Gasteiger partial charge in [0.25, 0.3) is 0 Å². The Morgan fingerprint density at radius 3 is 2.14 bits per heavy atom. The second kappa shape index (κ2) is 10.1. The fraction of sp³-hybridized carbons (Fsp3) is 0.212. The number of nitrogens with zero attached hydrogens (tertiary/aromatic N) is 2. The maximum Gasteiger partial charge on any atom is 0.188 e. The van der Waals surface area contributed by atoms with E-state index in [2.05, 4.69) is 30.3 Å². The Bertz CT molecular complexity index is 1530. The van der Waals surface area contributed by atoms with Crippen molar-refractivity contribution < 1.29 is 9.59 Å². The molecule has 2 aromatic rings. The first-order valence-electron chi connectivity index (χ1n) is 12.9. The van der Waals surface area contributed by atoms with Gasteiger partial charge in [-0.1, -0.05) is 91.1 Å². The summed E-state index contributed by atoms with van der Waals surface area (Å²) in [6.07, 6.45) is 21.8. The van der Waals surface area contributed by atoms with E-state index < -0.39 is 0 Å². The summed E-state index contributed by atoms with van der Waals surface area (Å²) in [6.45, 7) is 0.345. The zero-order valence-electron chi connectivity index (χ0n) is 20.6. The fourth-order valence-corrected chi connectivity index (χ4v) is 5.45. The van der Waals surface area contributed by atoms with Crippen LogP contribution in [0.25, 0.3) is 10.8 Å². The molecule has 0 N–H and O–H groups in total. The van der Waals surface area contributed by atoms with Crippen molar-refractivity contribution in [1.82, 2.24) is 0 Å². The highest BCUT2D eigenvalue weighted by atomic mass is 16.1. The maximum atomic E-state index is 13.3. The van der Waals surface area contributed by atoms with Crippen LogP contribution in [-0.2, 0) is 16.0 Å². The Morgan fingerprint density at radius 2 is 1.41 bits per heavy atom. The molecule has 0 saturated heterocycles. The van der Waals surface area contributed by atoms with Crippen LogP contribution in [0.3, 0.4) is 0 Å². The lowest BCUT2D eigenvalue weighted by Crippen LogP contribution is -2.31. The monoisotopic (exact) mass is 484 g/mol. The van der Waals surface area contributed by atoms with Crippen molar-refractivity contribution in [3.05, 3.63) is 120 Å². The van der Waals surface area contributed by atoms with Crippen LogP contribution in [0.1, 0.15) is 18.4 Å². The van der Waals surface area contributed by atoms with Gasteiger partial charge in [0.2, 0.25) is 0 Å². The second-order valence-corrected chi connectivity index (χ2v) is 9.94. The molecule has 4 aliphatic rings. The Hall–Kier alpha value is -4.18. The van der Waals surface area contributed by atoms with Crippen molar-refractivity contribution in [2.45, 2.75) is 25.3 Å². The summed E-state index contributed by atoms with van der Waals surface area (Å²) < 4.78 is 0. The molecule has 0 amide bonds. The standard InChI is InChI=1S/C33H28N2O2/c36-32-28-11-5-3-8-24(28)15-17-30(32)34-21-27(20-22-13-14-23-7-1-2-10-26(23)19-22)35-31-18-16-25-9-4-6-12-29(25)33(31)37/h1-10,13-19,27-29H,11-12,20-21H2/t27-,28?,29?/m0/s1. The van der Waals surface area contributed by atoms with Gasteiger partial charge in [0.05, 0.1) is 24.4 Å². The highest BCUT2D eigenvalue weighted by Crippen LogP contribution is 2.28. The average molecular weight is 485 g/mol. The van der Waals surface area contributed by atoms with Crippen LogP contribution < -0.4 is 0 Å². The number of carbonyl (C=O) groups excluding carboxylic acids is 2. The molecule has 6 rings (SSSR count). The lowest BCUT2D eigenvalue weighted by molar-refractivity contribution is -0.116. The number of Topliss-reactive ketones (excluding diaryl/α,β-unsaturated/α-hetero) is 2. The zero-order chi connectivity index (χ0) is 25.2. The summed E-state index contributed by atoms with van der Waals surface area (Å²) in [5.41, 5.74) is 4.21. The minimum absolute atomic E-state index is 0.0617. The molecule has 0 fully saturated rings. The molecule has 0 bridgehead atoms. The van der Waals surface area contributed by atoms with Gasteiger partial charge in [0.1, 0.15) is 11.4 Å². The van der Waals surface area contributed by atoms with E-state index in [1.807, 2.05) is 72.9 Å². The molecular formula is C33H28N2O2. The number of hydrogen-bond donors (Lipinski definition) is 0. The molecule has 0 aliphatic heterocycles. The van der Waals surface area contributed by atoms with E-state index in [1.54, 1.807) is 0 Å². The van der Waals surface area contributed by atoms with Crippen LogP contribution in [0.4, 0.5) is 0 Å². The van der Waals surface area contributed by atoms with Crippen LogP contribution >= 0.6 is 0 Å². The molecule has 3 atom stereocenters. The Morgan fingerprint density at radius 1 is 0.757 bits per heavy atom. The van der Waals surface area contributed by atoms with Crippen LogP contribution in [-0.4, -0.2) is 35.6 Å². The van der Waals surface area contributed by atoms with Gasteiger partial charge >= 0.3 is 0 Å². The Kier molecular flexibility index (Phi) is 6.32. The molecule has 0 radical (unpaired) electrons. The van der Waals surface area contributed by atoms with Crippen molar-refractivity contribution in [3.8, 4) is 0 Å². The van der Waals surface area contributed by atoms with Gasteiger partial charge in [-0.2, -0.15) is 0 Å². The molecule has 4 nitrogen and oxygen atoms in total. The second-order valence-electron chi connectivity index (χ2n) is 9.94. The lowest BCUT2D eigenvalue weighted by atomic mass is 9.82. The van der Waals surface area contributed by atoms with Crippen LogP contribution in [0.15, 0.2) is 124 Å². The Labute approximate surface area is 216 Å². The topological polar surface area (TPSA) is 58.9 Å². The quantitative estimate of drug-likeness (QED) is 0.529. The number of carbonyl (C=O) groups is 2. The van der Waals surface area contributed by atoms with Crippen LogP contribution in [0, 0.1) is 11.8 Å². The van der Waals surface area contributed by atoms with E-state index in [0.29, 0.717) is 37.2 Å². The van der Waals surface area contributed by atoms with E-state index >= 15 is 0 Å². The van der Waals surface area contributed by atoms with Crippen molar-refractivity contribution in [3.63, 3.8) is 0 Å². The van der Waals surface area contributed by atoms with Crippen molar-refractivity contribution in [1.29, 1.82) is 0 Å². The Balaban J connectivity index is 1.31. The molecule has 2 aromatic carbocycles. The normalized spacial score (nSPS) is 25.3. The molecule has 0 heterocycles. The van der Waals surface area contributed by atoms with E-state index in [4.69, 9.17) is 9.98 Å². The number of benzene rings is 2. The van der Waals surface area contributed by atoms with Crippen molar-refractivity contribution in [2.75, 3.05) is 6.54 Å². The van der Waals surface area contributed by atoms with Crippen molar-refractivity contribution in [2.24, 2.45) is 21.8 Å². The largest absolute Gasteiger partial charge is 0.292 e. The van der Waals surface area contributed by atoms with Crippen LogP contribution in [0.2, 0.25) is 0 Å². The summed E-state index contributed by atoms with van der Waals surface area (Å²) in [5.74, 6) is -0.181. The van der Waals surface area contributed by atoms with Crippen LogP contribution in [0.5, 0.6) is 0 Å². The minimum atomic E-state index is -0.258. The first kappa shape index (κ1) is 23.2. The maximum absolute atomic E-state index is 13.3. The summed E-state index contributed by atoms with van der Waals surface area (Å²) in [4.78, 5) is 36.1. The third-order valence-electron chi connectivity index (χ3n) is 7.48. The van der Waals surface area contributed by atoms with E-state index in [0.717, 1.165) is 16.7 Å². The molecule has 0 aromatic heterocycles. The number of allylic oxidation sites excluding steroid dienone is 12. The van der Waals surface area contributed by atoms with Gasteiger partial charge in [-0.3, -0.25) is 19.6 Å². The van der Waals surface area contributed by atoms with Gasteiger partial charge in [0.15, 0.2) is 11.6 Å². The third-order valence-corrected chi connectivity index (χ3v) is 7.48. The smallest absolute Gasteiger partial charge is 0.188 e. The third kappa shape index (κ3) is 4.79. The number of hydrogen-bond acceptors (Lipinski definition) is 4. The van der Waals surface area contributed by atoms with E-state index in [9.17, 15) is 9.59 Å². The number of ketones is 2. The molecule has 2 unspecified atom stereocenters. The van der Waals surface area contributed by atoms with E-state index in [-0.39, 0.29) is 29.4 Å².